The fourth-order valence-corrected chi connectivity index (χ4v) is 2.99. The normalized spacial score (nSPS) is 27.0. The number of piperidine rings is 1. The molecule has 2 rings (SSSR count). The zero-order chi connectivity index (χ0) is 13.8. The van der Waals surface area contributed by atoms with Crippen LogP contribution in [0.1, 0.15) is 30.6 Å². The van der Waals surface area contributed by atoms with Crippen LogP contribution in [-0.4, -0.2) is 30.8 Å². The van der Waals surface area contributed by atoms with Gasteiger partial charge in [0.05, 0.1) is 0 Å². The van der Waals surface area contributed by atoms with Crippen molar-refractivity contribution < 1.29 is 4.79 Å². The summed E-state index contributed by atoms with van der Waals surface area (Å²) in [6.07, 6.45) is 3.15. The molecule has 1 fully saturated rings. The summed E-state index contributed by atoms with van der Waals surface area (Å²) in [6, 6.07) is 8.32. The van der Waals surface area contributed by atoms with Gasteiger partial charge in [0.1, 0.15) is 0 Å². The van der Waals surface area contributed by atoms with Gasteiger partial charge in [-0.1, -0.05) is 6.92 Å². The van der Waals surface area contributed by atoms with Gasteiger partial charge in [0.15, 0.2) is 0 Å². The van der Waals surface area contributed by atoms with Gasteiger partial charge in [0, 0.05) is 22.5 Å². The molecule has 1 heterocycles. The van der Waals surface area contributed by atoms with Crippen LogP contribution in [0.5, 0.6) is 0 Å². The molecule has 0 saturated carbocycles. The van der Waals surface area contributed by atoms with Gasteiger partial charge in [0.25, 0.3) is 5.91 Å². The van der Waals surface area contributed by atoms with Gasteiger partial charge in [-0.25, -0.2) is 0 Å². The third-order valence-corrected chi connectivity index (χ3v) is 4.61. The van der Waals surface area contributed by atoms with E-state index in [1.807, 2.05) is 30.5 Å². The number of rotatable bonds is 3. The molecule has 1 aliphatic rings. The van der Waals surface area contributed by atoms with E-state index in [1.165, 1.54) is 4.90 Å². The first-order valence-electron chi connectivity index (χ1n) is 6.80. The van der Waals surface area contributed by atoms with E-state index in [-0.39, 0.29) is 11.9 Å². The zero-order valence-electron chi connectivity index (χ0n) is 11.8. The number of hydrogen-bond acceptors (Lipinski definition) is 3. The van der Waals surface area contributed by atoms with Gasteiger partial charge in [-0.15, -0.1) is 11.8 Å². The van der Waals surface area contributed by atoms with Crippen molar-refractivity contribution in [2.24, 2.45) is 5.92 Å². The standard InChI is InChI=1S/C15H22N2OS/c1-10-8-9-16-11(2)14(10)17-15(18)12-4-6-13(19-3)7-5-12/h4-7,10-11,14,16H,8-9H2,1-3H3,(H,17,18). The van der Waals surface area contributed by atoms with E-state index in [2.05, 4.69) is 24.5 Å². The molecule has 3 nitrogen and oxygen atoms in total. The molecule has 0 radical (unpaired) electrons. The fourth-order valence-electron chi connectivity index (χ4n) is 2.58. The topological polar surface area (TPSA) is 41.1 Å². The van der Waals surface area contributed by atoms with Crippen molar-refractivity contribution in [3.63, 3.8) is 0 Å². The molecule has 0 aliphatic carbocycles. The molecule has 0 spiro atoms. The quantitative estimate of drug-likeness (QED) is 0.835. The second kappa shape index (κ2) is 6.44. The molecule has 1 aromatic carbocycles. The van der Waals surface area contributed by atoms with Gasteiger partial charge in [-0.3, -0.25) is 4.79 Å². The highest BCUT2D eigenvalue weighted by Gasteiger charge is 2.28. The van der Waals surface area contributed by atoms with Crippen LogP contribution >= 0.6 is 11.8 Å². The van der Waals surface area contributed by atoms with E-state index in [9.17, 15) is 4.79 Å². The van der Waals surface area contributed by atoms with Crippen molar-refractivity contribution in [2.45, 2.75) is 37.2 Å². The van der Waals surface area contributed by atoms with Gasteiger partial charge < -0.3 is 10.6 Å². The monoisotopic (exact) mass is 278 g/mol. The third kappa shape index (κ3) is 3.51. The minimum atomic E-state index is 0.0278. The Morgan fingerprint density at radius 3 is 2.58 bits per heavy atom. The highest BCUT2D eigenvalue weighted by atomic mass is 32.2. The Hall–Kier alpha value is -1.00. The Bertz CT molecular complexity index is 422. The van der Waals surface area contributed by atoms with Crippen molar-refractivity contribution in [3.05, 3.63) is 29.8 Å². The molecule has 3 atom stereocenters. The first-order valence-corrected chi connectivity index (χ1v) is 8.02. The number of thioether (sulfide) groups is 1. The molecular formula is C15H22N2OS. The number of benzene rings is 1. The number of carbonyl (C=O) groups is 1. The van der Waals surface area contributed by atoms with E-state index in [4.69, 9.17) is 0 Å². The molecule has 1 amide bonds. The Labute approximate surface area is 119 Å². The molecule has 4 heteroatoms. The Balaban J connectivity index is 2.02. The van der Waals surface area contributed by atoms with Crippen molar-refractivity contribution in [1.82, 2.24) is 10.6 Å². The maximum absolute atomic E-state index is 12.3. The maximum Gasteiger partial charge on any atom is 0.251 e. The second-order valence-corrected chi connectivity index (χ2v) is 6.12. The maximum atomic E-state index is 12.3. The van der Waals surface area contributed by atoms with Crippen LogP contribution in [0.25, 0.3) is 0 Å². The van der Waals surface area contributed by atoms with Gasteiger partial charge in [0.2, 0.25) is 0 Å². The molecule has 1 aliphatic heterocycles. The summed E-state index contributed by atoms with van der Waals surface area (Å²) in [4.78, 5) is 13.4. The first kappa shape index (κ1) is 14.4. The largest absolute Gasteiger partial charge is 0.347 e. The molecule has 1 aromatic rings. The SMILES string of the molecule is CSc1ccc(C(=O)NC2C(C)CCNC2C)cc1. The summed E-state index contributed by atoms with van der Waals surface area (Å²) < 4.78 is 0. The van der Waals surface area contributed by atoms with Gasteiger partial charge in [-0.2, -0.15) is 0 Å². The summed E-state index contributed by atoms with van der Waals surface area (Å²) in [7, 11) is 0. The number of nitrogens with one attached hydrogen (secondary N) is 2. The average Bonchev–Trinajstić information content (AvgIpc) is 2.43. The lowest BCUT2D eigenvalue weighted by Gasteiger charge is -2.36. The number of carbonyl (C=O) groups excluding carboxylic acids is 1. The van der Waals surface area contributed by atoms with Crippen molar-refractivity contribution in [3.8, 4) is 0 Å². The van der Waals surface area contributed by atoms with Crippen LogP contribution in [0.15, 0.2) is 29.2 Å². The fraction of sp³-hybridized carbons (Fsp3) is 0.533. The van der Waals surface area contributed by atoms with Gasteiger partial charge >= 0.3 is 0 Å². The Kier molecular flexibility index (Phi) is 4.88. The molecule has 19 heavy (non-hydrogen) atoms. The first-order chi connectivity index (χ1) is 9.11. The van der Waals surface area contributed by atoms with E-state index < -0.39 is 0 Å². The minimum Gasteiger partial charge on any atom is -0.347 e. The third-order valence-electron chi connectivity index (χ3n) is 3.87. The van der Waals surface area contributed by atoms with Crippen molar-refractivity contribution in [2.75, 3.05) is 12.8 Å². The Morgan fingerprint density at radius 1 is 1.32 bits per heavy atom. The van der Waals surface area contributed by atoms with Crippen LogP contribution in [-0.2, 0) is 0 Å². The van der Waals surface area contributed by atoms with E-state index in [1.54, 1.807) is 11.8 Å². The second-order valence-electron chi connectivity index (χ2n) is 5.24. The summed E-state index contributed by atoms with van der Waals surface area (Å²) in [6.45, 7) is 5.38. The molecule has 1 saturated heterocycles. The predicted molar refractivity (Wildman–Crippen MR) is 80.7 cm³/mol. The summed E-state index contributed by atoms with van der Waals surface area (Å²) in [5, 5.41) is 6.58. The zero-order valence-corrected chi connectivity index (χ0v) is 12.6. The number of amides is 1. The number of hydrogen-bond donors (Lipinski definition) is 2. The highest BCUT2D eigenvalue weighted by Crippen LogP contribution is 2.18. The Morgan fingerprint density at radius 2 is 2.00 bits per heavy atom. The van der Waals surface area contributed by atoms with Crippen LogP contribution in [0.2, 0.25) is 0 Å². The molecule has 104 valence electrons. The average molecular weight is 278 g/mol. The van der Waals surface area contributed by atoms with Crippen molar-refractivity contribution in [1.29, 1.82) is 0 Å². The van der Waals surface area contributed by atoms with Crippen molar-refractivity contribution >= 4 is 17.7 Å². The van der Waals surface area contributed by atoms with Crippen LogP contribution < -0.4 is 10.6 Å². The van der Waals surface area contributed by atoms with Crippen LogP contribution in [0, 0.1) is 5.92 Å². The molecule has 2 N–H and O–H groups in total. The lowest BCUT2D eigenvalue weighted by molar-refractivity contribution is 0.0897. The van der Waals surface area contributed by atoms with E-state index >= 15 is 0 Å². The van der Waals surface area contributed by atoms with Crippen LogP contribution in [0.3, 0.4) is 0 Å². The highest BCUT2D eigenvalue weighted by molar-refractivity contribution is 7.98. The van der Waals surface area contributed by atoms with Gasteiger partial charge in [-0.05, 0) is 56.3 Å². The lowest BCUT2D eigenvalue weighted by Crippen LogP contribution is -2.55. The molecular weight excluding hydrogens is 256 g/mol. The molecule has 3 unspecified atom stereocenters. The summed E-state index contributed by atoms with van der Waals surface area (Å²) in [5.41, 5.74) is 0.739. The minimum absolute atomic E-state index is 0.0278. The smallest absolute Gasteiger partial charge is 0.251 e. The van der Waals surface area contributed by atoms with E-state index in [0.29, 0.717) is 12.0 Å². The summed E-state index contributed by atoms with van der Waals surface area (Å²) >= 11 is 1.68. The lowest BCUT2D eigenvalue weighted by atomic mass is 9.89. The van der Waals surface area contributed by atoms with Crippen LogP contribution in [0.4, 0.5) is 0 Å². The molecule has 0 bridgehead atoms. The molecule has 0 aromatic heterocycles. The predicted octanol–water partition coefficient (Wildman–Crippen LogP) is 2.52. The summed E-state index contributed by atoms with van der Waals surface area (Å²) in [5.74, 6) is 0.547. The van der Waals surface area contributed by atoms with E-state index in [0.717, 1.165) is 18.5 Å².